The van der Waals surface area contributed by atoms with Crippen LogP contribution in [-0.4, -0.2) is 17.6 Å². The predicted octanol–water partition coefficient (Wildman–Crippen LogP) is 5.21. The second-order valence-electron chi connectivity index (χ2n) is 6.91. The zero-order valence-electron chi connectivity index (χ0n) is 16.2. The maximum absolute atomic E-state index is 13.1. The van der Waals surface area contributed by atoms with Gasteiger partial charge >= 0.3 is 0 Å². The van der Waals surface area contributed by atoms with E-state index in [0.717, 1.165) is 16.7 Å². The zero-order chi connectivity index (χ0) is 20.1. The van der Waals surface area contributed by atoms with Crippen molar-refractivity contribution >= 4 is 5.91 Å². The minimum absolute atomic E-state index is 0.0571. The van der Waals surface area contributed by atoms with Crippen molar-refractivity contribution in [1.82, 2.24) is 10.5 Å². The summed E-state index contributed by atoms with van der Waals surface area (Å²) >= 11 is 0. The highest BCUT2D eigenvalue weighted by Crippen LogP contribution is 2.26. The number of aromatic nitrogens is 1. The third-order valence-corrected chi connectivity index (χ3v) is 5.01. The number of aryl methyl sites for hydroxylation is 1. The van der Waals surface area contributed by atoms with Crippen molar-refractivity contribution in [2.45, 2.75) is 12.8 Å². The lowest BCUT2D eigenvalue weighted by Gasteiger charge is -2.19. The van der Waals surface area contributed by atoms with E-state index in [1.807, 2.05) is 66.7 Å². The minimum atomic E-state index is -0.181. The highest BCUT2D eigenvalue weighted by molar-refractivity contribution is 6.00. The average molecular weight is 382 g/mol. The monoisotopic (exact) mass is 382 g/mol. The molecule has 4 nitrogen and oxygen atoms in total. The van der Waals surface area contributed by atoms with E-state index in [1.165, 1.54) is 0 Å². The van der Waals surface area contributed by atoms with Crippen LogP contribution in [0.1, 0.15) is 33.2 Å². The van der Waals surface area contributed by atoms with Crippen molar-refractivity contribution < 1.29 is 9.32 Å². The molecule has 1 N–H and O–H groups in total. The van der Waals surface area contributed by atoms with Crippen molar-refractivity contribution in [3.63, 3.8) is 0 Å². The molecule has 4 aromatic rings. The van der Waals surface area contributed by atoms with E-state index in [1.54, 1.807) is 6.92 Å². The molecule has 0 radical (unpaired) electrons. The van der Waals surface area contributed by atoms with Crippen molar-refractivity contribution in [2.24, 2.45) is 0 Å². The summed E-state index contributed by atoms with van der Waals surface area (Å²) in [6.45, 7) is 2.24. The molecule has 4 heteroatoms. The second-order valence-corrected chi connectivity index (χ2v) is 6.91. The number of hydrogen-bond acceptors (Lipinski definition) is 3. The van der Waals surface area contributed by atoms with Crippen LogP contribution in [0.4, 0.5) is 0 Å². The summed E-state index contributed by atoms with van der Waals surface area (Å²) in [5.41, 5.74) is 4.22. The Balaban J connectivity index is 1.59. The molecule has 0 saturated heterocycles. The van der Waals surface area contributed by atoms with Gasteiger partial charge in [-0.15, -0.1) is 0 Å². The summed E-state index contributed by atoms with van der Waals surface area (Å²) in [7, 11) is 0. The van der Waals surface area contributed by atoms with Gasteiger partial charge in [-0.25, -0.2) is 0 Å². The molecule has 0 unspecified atom stereocenters. The maximum Gasteiger partial charge on any atom is 0.257 e. The molecule has 1 heterocycles. The Morgan fingerprint density at radius 2 is 1.38 bits per heavy atom. The van der Waals surface area contributed by atoms with Crippen LogP contribution < -0.4 is 5.32 Å². The summed E-state index contributed by atoms with van der Waals surface area (Å²) in [5, 5.41) is 7.21. The lowest BCUT2D eigenvalue weighted by Crippen LogP contribution is -2.29. The lowest BCUT2D eigenvalue weighted by atomic mass is 9.91. The average Bonchev–Trinajstić information content (AvgIpc) is 3.17. The van der Waals surface area contributed by atoms with Gasteiger partial charge in [-0.05, 0) is 18.1 Å². The van der Waals surface area contributed by atoms with Gasteiger partial charge in [0.15, 0.2) is 0 Å². The fraction of sp³-hybridized carbons (Fsp3) is 0.120. The largest absolute Gasteiger partial charge is 0.360 e. The predicted molar refractivity (Wildman–Crippen MR) is 114 cm³/mol. The maximum atomic E-state index is 13.1. The number of carbonyl (C=O) groups excluding carboxylic acids is 1. The summed E-state index contributed by atoms with van der Waals surface area (Å²) in [4.78, 5) is 13.1. The van der Waals surface area contributed by atoms with Crippen molar-refractivity contribution in [3.05, 3.63) is 113 Å². The molecule has 3 aromatic carbocycles. The molecule has 0 saturated carbocycles. The van der Waals surface area contributed by atoms with Crippen LogP contribution in [-0.2, 0) is 0 Å². The molecule has 0 atom stereocenters. The van der Waals surface area contributed by atoms with Gasteiger partial charge < -0.3 is 9.84 Å². The Morgan fingerprint density at radius 3 is 1.93 bits per heavy atom. The van der Waals surface area contributed by atoms with Crippen LogP contribution in [0.2, 0.25) is 0 Å². The van der Waals surface area contributed by atoms with E-state index in [9.17, 15) is 4.79 Å². The summed E-state index contributed by atoms with van der Waals surface area (Å²) < 4.78 is 5.34. The van der Waals surface area contributed by atoms with Gasteiger partial charge in [0.1, 0.15) is 17.0 Å². The molecule has 1 amide bonds. The second kappa shape index (κ2) is 8.57. The molecule has 0 bridgehead atoms. The third kappa shape index (κ3) is 4.11. The molecule has 0 aliphatic heterocycles. The summed E-state index contributed by atoms with van der Waals surface area (Å²) in [5.74, 6) is 0.387. The molecule has 144 valence electrons. The number of rotatable bonds is 6. The van der Waals surface area contributed by atoms with Crippen molar-refractivity contribution in [3.8, 4) is 11.3 Å². The van der Waals surface area contributed by atoms with Gasteiger partial charge in [-0.2, -0.15) is 0 Å². The van der Waals surface area contributed by atoms with Crippen LogP contribution in [0.5, 0.6) is 0 Å². The van der Waals surface area contributed by atoms with E-state index in [4.69, 9.17) is 4.52 Å². The quantitative estimate of drug-likeness (QED) is 0.498. The van der Waals surface area contributed by atoms with Crippen LogP contribution in [0.15, 0.2) is 95.5 Å². The SMILES string of the molecule is Cc1onc(-c2ccccc2)c1C(=O)NCC(c1ccccc1)c1ccccc1. The Labute approximate surface area is 170 Å². The van der Waals surface area contributed by atoms with Crippen LogP contribution in [0, 0.1) is 6.92 Å². The van der Waals surface area contributed by atoms with Crippen LogP contribution in [0.3, 0.4) is 0 Å². The van der Waals surface area contributed by atoms with Gasteiger partial charge in [-0.1, -0.05) is 96.2 Å². The van der Waals surface area contributed by atoms with Gasteiger partial charge in [0.25, 0.3) is 5.91 Å². The first kappa shape index (κ1) is 18.7. The number of nitrogens with zero attached hydrogens (tertiary/aromatic N) is 1. The van der Waals surface area contributed by atoms with E-state index in [2.05, 4.69) is 34.7 Å². The summed E-state index contributed by atoms with van der Waals surface area (Å²) in [6, 6.07) is 30.0. The molecular formula is C25H22N2O2. The fourth-order valence-electron chi connectivity index (χ4n) is 3.51. The molecule has 1 aromatic heterocycles. The van der Waals surface area contributed by atoms with E-state index < -0.39 is 0 Å². The minimum Gasteiger partial charge on any atom is -0.360 e. The van der Waals surface area contributed by atoms with Crippen LogP contribution in [0.25, 0.3) is 11.3 Å². The highest BCUT2D eigenvalue weighted by atomic mass is 16.5. The zero-order valence-corrected chi connectivity index (χ0v) is 16.2. The first-order valence-electron chi connectivity index (χ1n) is 9.64. The van der Waals surface area contributed by atoms with Gasteiger partial charge in [0.05, 0.1) is 0 Å². The Bertz CT molecular complexity index is 1030. The van der Waals surface area contributed by atoms with E-state index in [0.29, 0.717) is 23.6 Å². The van der Waals surface area contributed by atoms with Gasteiger partial charge in [-0.3, -0.25) is 4.79 Å². The van der Waals surface area contributed by atoms with Gasteiger partial charge in [0.2, 0.25) is 0 Å². The Kier molecular flexibility index (Phi) is 5.52. The number of carbonyl (C=O) groups is 1. The first-order valence-corrected chi connectivity index (χ1v) is 9.64. The lowest BCUT2D eigenvalue weighted by molar-refractivity contribution is 0.0951. The van der Waals surface area contributed by atoms with Crippen molar-refractivity contribution in [1.29, 1.82) is 0 Å². The molecular weight excluding hydrogens is 360 g/mol. The van der Waals surface area contributed by atoms with Crippen molar-refractivity contribution in [2.75, 3.05) is 6.54 Å². The highest BCUT2D eigenvalue weighted by Gasteiger charge is 2.23. The number of benzene rings is 3. The molecule has 0 aliphatic carbocycles. The topological polar surface area (TPSA) is 55.1 Å². The first-order chi connectivity index (χ1) is 14.2. The standard InChI is InChI=1S/C25H22N2O2/c1-18-23(24(27-29-18)21-15-9-4-10-16-21)25(28)26-17-22(19-11-5-2-6-12-19)20-13-7-3-8-14-20/h2-16,22H,17H2,1H3,(H,26,28). The molecule has 0 aliphatic rings. The summed E-state index contributed by atoms with van der Waals surface area (Å²) in [6.07, 6.45) is 0. The molecule has 0 spiro atoms. The normalized spacial score (nSPS) is 10.8. The van der Waals surface area contributed by atoms with Crippen LogP contribution >= 0.6 is 0 Å². The Morgan fingerprint density at radius 1 is 0.862 bits per heavy atom. The molecule has 4 rings (SSSR count). The van der Waals surface area contributed by atoms with E-state index >= 15 is 0 Å². The Hall–Kier alpha value is -3.66. The van der Waals surface area contributed by atoms with Gasteiger partial charge in [0, 0.05) is 18.0 Å². The molecule has 29 heavy (non-hydrogen) atoms. The fourth-order valence-corrected chi connectivity index (χ4v) is 3.51. The smallest absolute Gasteiger partial charge is 0.257 e. The van der Waals surface area contributed by atoms with E-state index in [-0.39, 0.29) is 11.8 Å². The molecule has 0 fully saturated rings. The number of amides is 1. The number of hydrogen-bond donors (Lipinski definition) is 1. The number of nitrogens with one attached hydrogen (secondary N) is 1. The third-order valence-electron chi connectivity index (χ3n) is 5.01.